The van der Waals surface area contributed by atoms with Crippen molar-refractivity contribution < 1.29 is 31.9 Å². The van der Waals surface area contributed by atoms with Gasteiger partial charge in [0.2, 0.25) is 6.86 Å². The Kier molecular flexibility index (Phi) is 9.98. The van der Waals surface area contributed by atoms with Gasteiger partial charge in [0.15, 0.2) is 11.4 Å². The first kappa shape index (κ1) is 30.3. The van der Waals surface area contributed by atoms with Crippen LogP contribution in [0.4, 0.5) is 17.6 Å². The topological polar surface area (TPSA) is 142 Å². The maximum atomic E-state index is 14.6. The van der Waals surface area contributed by atoms with Gasteiger partial charge in [0.1, 0.15) is 17.6 Å². The number of hydrogen-bond donors (Lipinski definition) is 2. The van der Waals surface area contributed by atoms with Crippen LogP contribution in [-0.2, 0) is 30.3 Å². The van der Waals surface area contributed by atoms with Crippen LogP contribution in [0.15, 0.2) is 54.2 Å². The number of carbonyl (C=O) groups is 2. The SMILES string of the molecule is CC(F)(F)c1ccc(CNC(=O)c2cn(CCC(F)Cn3cc(C(=O)NCC4=CCCC(OCF)=C4)nn3)nn2)cn1. The van der Waals surface area contributed by atoms with Crippen molar-refractivity contribution in [1.29, 1.82) is 0 Å². The molecular formula is C26H29F4N9O3. The lowest BCUT2D eigenvalue weighted by atomic mass is 10.1. The van der Waals surface area contributed by atoms with Gasteiger partial charge in [-0.2, -0.15) is 8.78 Å². The number of amides is 2. The number of nitrogens with zero attached hydrogens (tertiary/aromatic N) is 7. The Morgan fingerprint density at radius 2 is 1.76 bits per heavy atom. The first-order valence-electron chi connectivity index (χ1n) is 13.0. The van der Waals surface area contributed by atoms with Gasteiger partial charge in [-0.1, -0.05) is 22.6 Å². The largest absolute Gasteiger partial charge is 0.467 e. The molecule has 42 heavy (non-hydrogen) atoms. The highest BCUT2D eigenvalue weighted by atomic mass is 19.3. The summed E-state index contributed by atoms with van der Waals surface area (Å²) in [6.45, 7) is 0.0411. The molecule has 0 saturated heterocycles. The lowest BCUT2D eigenvalue weighted by Crippen LogP contribution is -2.26. The van der Waals surface area contributed by atoms with Crippen molar-refractivity contribution in [3.8, 4) is 0 Å². The molecule has 1 unspecified atom stereocenters. The van der Waals surface area contributed by atoms with Crippen molar-refractivity contribution in [2.45, 2.75) is 57.9 Å². The fraction of sp³-hybridized carbons (Fsp3) is 0.423. The summed E-state index contributed by atoms with van der Waals surface area (Å²) in [5.41, 5.74) is 0.953. The van der Waals surface area contributed by atoms with Crippen LogP contribution in [0.3, 0.4) is 0 Å². The van der Waals surface area contributed by atoms with Crippen molar-refractivity contribution >= 4 is 11.8 Å². The number of alkyl halides is 4. The molecule has 0 spiro atoms. The highest BCUT2D eigenvalue weighted by Gasteiger charge is 2.25. The summed E-state index contributed by atoms with van der Waals surface area (Å²) < 4.78 is 60.9. The molecular weight excluding hydrogens is 562 g/mol. The number of aryl methyl sites for hydroxylation is 1. The summed E-state index contributed by atoms with van der Waals surface area (Å²) in [5.74, 6) is -3.58. The molecule has 0 bridgehead atoms. The van der Waals surface area contributed by atoms with E-state index in [-0.39, 0.29) is 49.7 Å². The molecule has 3 aromatic rings. The van der Waals surface area contributed by atoms with Gasteiger partial charge in [0.05, 0.1) is 18.9 Å². The number of rotatable bonds is 14. The van der Waals surface area contributed by atoms with Gasteiger partial charge in [-0.25, -0.2) is 13.5 Å². The highest BCUT2D eigenvalue weighted by molar-refractivity contribution is 5.92. The molecule has 2 amide bonds. The van der Waals surface area contributed by atoms with Gasteiger partial charge in [-0.05, 0) is 29.7 Å². The number of pyridine rings is 1. The Morgan fingerprint density at radius 3 is 2.43 bits per heavy atom. The van der Waals surface area contributed by atoms with E-state index in [0.717, 1.165) is 12.5 Å². The van der Waals surface area contributed by atoms with Crippen LogP contribution < -0.4 is 10.6 Å². The summed E-state index contributed by atoms with van der Waals surface area (Å²) >= 11 is 0. The van der Waals surface area contributed by atoms with Gasteiger partial charge < -0.3 is 15.4 Å². The maximum absolute atomic E-state index is 14.6. The highest BCUT2D eigenvalue weighted by Crippen LogP contribution is 2.24. The van der Waals surface area contributed by atoms with Crippen molar-refractivity contribution in [3.05, 3.63) is 76.9 Å². The number of halogens is 4. The standard InChI is InChI=1S/C26H29F4N9O3/c1-26(29,30)23-6-5-18(11-31-23)12-33-24(40)21-14-38(36-34-21)8-7-19(28)13-39-15-22(35-37-39)25(41)32-10-17-3-2-4-20(9-17)42-16-27/h3,5-6,9,11,14-15,19H,2,4,7-8,10,12-13,16H2,1H3,(H,32,41)(H,33,40). The average Bonchev–Trinajstić information content (AvgIpc) is 3.64. The van der Waals surface area contributed by atoms with Gasteiger partial charge in [0.25, 0.3) is 17.7 Å². The summed E-state index contributed by atoms with van der Waals surface area (Å²) in [5, 5.41) is 20.5. The molecule has 1 aliphatic rings. The molecule has 12 nitrogen and oxygen atoms in total. The van der Waals surface area contributed by atoms with Crippen molar-refractivity contribution in [1.82, 2.24) is 45.6 Å². The fourth-order valence-corrected chi connectivity index (χ4v) is 3.95. The van der Waals surface area contributed by atoms with E-state index in [1.54, 1.807) is 6.08 Å². The van der Waals surface area contributed by atoms with Crippen LogP contribution in [-0.4, -0.2) is 66.4 Å². The van der Waals surface area contributed by atoms with Gasteiger partial charge in [0, 0.05) is 45.6 Å². The molecule has 0 aromatic carbocycles. The number of ether oxygens (including phenoxy) is 1. The minimum absolute atomic E-state index is 0.00709. The smallest absolute Gasteiger partial charge is 0.286 e. The van der Waals surface area contributed by atoms with Crippen LogP contribution in [0.2, 0.25) is 0 Å². The normalized spacial score (nSPS) is 14.1. The van der Waals surface area contributed by atoms with Crippen LogP contribution in [0.25, 0.3) is 0 Å². The van der Waals surface area contributed by atoms with Gasteiger partial charge in [-0.15, -0.1) is 10.2 Å². The predicted molar refractivity (Wildman–Crippen MR) is 139 cm³/mol. The van der Waals surface area contributed by atoms with Crippen molar-refractivity contribution in [3.63, 3.8) is 0 Å². The lowest BCUT2D eigenvalue weighted by Gasteiger charge is -2.13. The fourth-order valence-electron chi connectivity index (χ4n) is 3.95. The van der Waals surface area contributed by atoms with Gasteiger partial charge >= 0.3 is 0 Å². The molecule has 2 N–H and O–H groups in total. The minimum atomic E-state index is -3.06. The zero-order chi connectivity index (χ0) is 30.1. The summed E-state index contributed by atoms with van der Waals surface area (Å²) in [4.78, 5) is 28.5. The van der Waals surface area contributed by atoms with Crippen LogP contribution >= 0.6 is 0 Å². The van der Waals surface area contributed by atoms with E-state index in [1.165, 1.54) is 40.1 Å². The van der Waals surface area contributed by atoms with Crippen LogP contribution in [0.1, 0.15) is 58.4 Å². The van der Waals surface area contributed by atoms with E-state index < -0.39 is 30.8 Å². The molecule has 1 atom stereocenters. The number of nitrogens with one attached hydrogen (secondary N) is 2. The van der Waals surface area contributed by atoms with E-state index in [1.807, 2.05) is 6.08 Å². The number of hydrogen-bond acceptors (Lipinski definition) is 8. The van der Waals surface area contributed by atoms with E-state index in [0.29, 0.717) is 24.2 Å². The molecule has 0 saturated carbocycles. The zero-order valence-corrected chi connectivity index (χ0v) is 22.6. The van der Waals surface area contributed by atoms with Crippen molar-refractivity contribution in [2.75, 3.05) is 13.4 Å². The molecule has 0 aliphatic heterocycles. The Balaban J connectivity index is 1.18. The Bertz CT molecular complexity index is 1430. The minimum Gasteiger partial charge on any atom is -0.467 e. The molecule has 4 rings (SSSR count). The van der Waals surface area contributed by atoms with Crippen LogP contribution in [0.5, 0.6) is 0 Å². The average molecular weight is 592 g/mol. The van der Waals surface area contributed by atoms with Gasteiger partial charge in [-0.3, -0.25) is 19.3 Å². The zero-order valence-electron chi connectivity index (χ0n) is 22.6. The third-order valence-corrected chi connectivity index (χ3v) is 6.16. The molecule has 1 aliphatic carbocycles. The molecule has 16 heteroatoms. The number of allylic oxidation sites excluding steroid dienone is 2. The molecule has 224 valence electrons. The van der Waals surface area contributed by atoms with E-state index in [4.69, 9.17) is 4.74 Å². The summed E-state index contributed by atoms with van der Waals surface area (Å²) in [6, 6.07) is 2.63. The Labute approximate surface area is 237 Å². The molecule has 0 fully saturated rings. The van der Waals surface area contributed by atoms with E-state index in [9.17, 15) is 27.2 Å². The third-order valence-electron chi connectivity index (χ3n) is 6.16. The second kappa shape index (κ2) is 13.8. The second-order valence-electron chi connectivity index (χ2n) is 9.57. The lowest BCUT2D eigenvalue weighted by molar-refractivity contribution is 0.0127. The Hall–Kier alpha value is -4.63. The maximum Gasteiger partial charge on any atom is 0.286 e. The molecule has 3 heterocycles. The first-order valence-corrected chi connectivity index (χ1v) is 13.0. The summed E-state index contributed by atoms with van der Waals surface area (Å²) in [6.07, 6.45) is 7.47. The number of aromatic nitrogens is 7. The molecule has 3 aromatic heterocycles. The van der Waals surface area contributed by atoms with Crippen LogP contribution in [0, 0.1) is 0 Å². The van der Waals surface area contributed by atoms with E-state index >= 15 is 0 Å². The first-order chi connectivity index (χ1) is 20.1. The predicted octanol–water partition coefficient (Wildman–Crippen LogP) is 3.01. The third kappa shape index (κ3) is 8.68. The van der Waals surface area contributed by atoms with E-state index in [2.05, 4.69) is 36.2 Å². The quantitative estimate of drug-likeness (QED) is 0.273. The monoisotopic (exact) mass is 591 g/mol. The van der Waals surface area contributed by atoms with Crippen molar-refractivity contribution in [2.24, 2.45) is 0 Å². The summed E-state index contributed by atoms with van der Waals surface area (Å²) in [7, 11) is 0. The number of carbonyl (C=O) groups excluding carboxylic acids is 2. The molecule has 0 radical (unpaired) electrons. The Morgan fingerprint density at radius 1 is 1.07 bits per heavy atom. The second-order valence-corrected chi connectivity index (χ2v) is 9.57.